The summed E-state index contributed by atoms with van der Waals surface area (Å²) in [6.45, 7) is 3.77. The highest BCUT2D eigenvalue weighted by molar-refractivity contribution is 7.59. The van der Waals surface area contributed by atoms with Crippen molar-refractivity contribution >= 4 is 7.37 Å². The monoisotopic (exact) mass is 312 g/mol. The van der Waals surface area contributed by atoms with Crippen LogP contribution in [0.25, 0.3) is 0 Å². The molecule has 2 rings (SSSR count). The number of hydrogen-bond acceptors (Lipinski definition) is 4. The molecule has 1 aliphatic heterocycles. The van der Waals surface area contributed by atoms with Crippen molar-refractivity contribution in [3.8, 4) is 0 Å². The van der Waals surface area contributed by atoms with E-state index in [9.17, 15) is 14.8 Å². The maximum Gasteiger partial charge on any atom is 0.233 e. The molecule has 21 heavy (non-hydrogen) atoms. The van der Waals surface area contributed by atoms with Gasteiger partial charge in [-0.15, -0.1) is 0 Å². The summed E-state index contributed by atoms with van der Waals surface area (Å²) in [6.07, 6.45) is 1.26. The van der Waals surface area contributed by atoms with Gasteiger partial charge in [-0.25, -0.2) is 0 Å². The van der Waals surface area contributed by atoms with E-state index in [1.807, 2.05) is 44.2 Å². The molecular weight excluding hydrogens is 287 g/mol. The molecule has 0 aliphatic carbocycles. The van der Waals surface area contributed by atoms with Crippen molar-refractivity contribution in [3.05, 3.63) is 35.9 Å². The minimum Gasteiger partial charge on any atom is -0.389 e. The van der Waals surface area contributed by atoms with Gasteiger partial charge >= 0.3 is 0 Å². The van der Waals surface area contributed by atoms with Crippen molar-refractivity contribution in [3.63, 3.8) is 0 Å². The molecule has 1 fully saturated rings. The molecule has 5 heteroatoms. The van der Waals surface area contributed by atoms with Gasteiger partial charge in [0.25, 0.3) is 0 Å². The molecule has 1 aromatic rings. The lowest BCUT2D eigenvalue weighted by Gasteiger charge is -2.41. The Balaban J connectivity index is 1.98. The van der Waals surface area contributed by atoms with Gasteiger partial charge in [-0.2, -0.15) is 0 Å². The van der Waals surface area contributed by atoms with E-state index in [2.05, 4.69) is 0 Å². The van der Waals surface area contributed by atoms with E-state index < -0.39 is 19.3 Å². The van der Waals surface area contributed by atoms with Crippen molar-refractivity contribution in [2.75, 3.05) is 6.16 Å². The molecule has 0 amide bonds. The van der Waals surface area contributed by atoms with Gasteiger partial charge in [0.15, 0.2) is 5.85 Å². The van der Waals surface area contributed by atoms with Crippen LogP contribution in [-0.4, -0.2) is 34.4 Å². The van der Waals surface area contributed by atoms with E-state index in [1.54, 1.807) is 0 Å². The van der Waals surface area contributed by atoms with Gasteiger partial charge in [0.05, 0.1) is 12.2 Å². The van der Waals surface area contributed by atoms with Crippen LogP contribution in [-0.2, 0) is 15.5 Å². The molecule has 118 valence electrons. The van der Waals surface area contributed by atoms with E-state index in [1.165, 1.54) is 5.56 Å². The van der Waals surface area contributed by atoms with Crippen molar-refractivity contribution < 1.29 is 19.3 Å². The van der Waals surface area contributed by atoms with Crippen molar-refractivity contribution in [2.45, 2.75) is 51.2 Å². The zero-order valence-corrected chi connectivity index (χ0v) is 13.6. The largest absolute Gasteiger partial charge is 0.389 e. The Labute approximate surface area is 126 Å². The third kappa shape index (κ3) is 3.75. The average Bonchev–Trinajstić information content (AvgIpc) is 2.50. The van der Waals surface area contributed by atoms with Crippen LogP contribution in [0.3, 0.4) is 0 Å². The lowest BCUT2D eigenvalue weighted by Crippen LogP contribution is -2.45. The summed E-state index contributed by atoms with van der Waals surface area (Å²) in [5, 5.41) is 20.2. The number of rotatable bonds is 5. The van der Waals surface area contributed by atoms with Gasteiger partial charge in [0, 0.05) is 12.1 Å². The molecule has 1 saturated heterocycles. The van der Waals surface area contributed by atoms with Crippen molar-refractivity contribution in [1.29, 1.82) is 0 Å². The summed E-state index contributed by atoms with van der Waals surface area (Å²) >= 11 is 0. The van der Waals surface area contributed by atoms with E-state index in [0.717, 1.165) is 6.42 Å². The van der Waals surface area contributed by atoms with Gasteiger partial charge in [0.2, 0.25) is 7.37 Å². The number of aryl methyl sites for hydroxylation is 1. The molecule has 2 unspecified atom stereocenters. The predicted octanol–water partition coefficient (Wildman–Crippen LogP) is 3.02. The first-order valence-corrected chi connectivity index (χ1v) is 9.53. The highest BCUT2D eigenvalue weighted by Crippen LogP contribution is 2.58. The second kappa shape index (κ2) is 7.06. The van der Waals surface area contributed by atoms with E-state index in [-0.39, 0.29) is 12.0 Å². The first-order chi connectivity index (χ1) is 9.98. The molecular formula is C16H25O4P. The van der Waals surface area contributed by atoms with Gasteiger partial charge in [-0.05, 0) is 24.8 Å². The smallest absolute Gasteiger partial charge is 0.233 e. The minimum absolute atomic E-state index is 0.193. The van der Waals surface area contributed by atoms with E-state index in [0.29, 0.717) is 19.0 Å². The Kier molecular flexibility index (Phi) is 5.61. The molecule has 0 spiro atoms. The molecule has 1 aromatic carbocycles. The molecule has 4 nitrogen and oxygen atoms in total. The second-order valence-corrected chi connectivity index (χ2v) is 8.49. The van der Waals surface area contributed by atoms with Crippen LogP contribution in [0.15, 0.2) is 30.3 Å². The Morgan fingerprint density at radius 2 is 1.90 bits per heavy atom. The Hall–Kier alpha value is -0.670. The van der Waals surface area contributed by atoms with Crippen molar-refractivity contribution in [2.24, 2.45) is 5.92 Å². The minimum atomic E-state index is -3.20. The maximum absolute atomic E-state index is 12.8. The molecule has 0 aromatic heterocycles. The maximum atomic E-state index is 12.8. The summed E-state index contributed by atoms with van der Waals surface area (Å²) in [6, 6.07) is 9.97. The number of aliphatic hydroxyl groups excluding tert-OH is 2. The van der Waals surface area contributed by atoms with Crippen LogP contribution >= 0.6 is 7.37 Å². The van der Waals surface area contributed by atoms with E-state index >= 15 is 0 Å². The summed E-state index contributed by atoms with van der Waals surface area (Å²) in [4.78, 5) is 0. The number of benzene rings is 1. The van der Waals surface area contributed by atoms with E-state index in [4.69, 9.17) is 4.52 Å². The van der Waals surface area contributed by atoms with Crippen LogP contribution in [0, 0.1) is 5.92 Å². The Bertz CT molecular complexity index is 488. The van der Waals surface area contributed by atoms with Crippen molar-refractivity contribution in [1.82, 2.24) is 0 Å². The van der Waals surface area contributed by atoms with Crippen LogP contribution in [0.1, 0.15) is 32.3 Å². The van der Waals surface area contributed by atoms with Gasteiger partial charge in [-0.1, -0.05) is 44.2 Å². The predicted molar refractivity (Wildman–Crippen MR) is 83.6 cm³/mol. The Morgan fingerprint density at radius 3 is 2.52 bits per heavy atom. The number of hydrogen-bond donors (Lipinski definition) is 2. The van der Waals surface area contributed by atoms with Crippen LogP contribution in [0.5, 0.6) is 0 Å². The molecule has 0 radical (unpaired) electrons. The zero-order valence-electron chi connectivity index (χ0n) is 12.7. The standard InChI is InChI=1S/C16H25O4P/c1-3-14-12(2)15(17)16(18)21(19,20-14)11-7-10-13-8-5-4-6-9-13/h4-6,8-9,12,14-18H,3,7,10-11H2,1-2H3/t12-,14-,15+,16?,21?/m1/s1. The normalized spacial score (nSPS) is 36.6. The molecule has 1 aliphatic rings. The lowest BCUT2D eigenvalue weighted by atomic mass is 9.96. The molecule has 2 N–H and O–H groups in total. The van der Waals surface area contributed by atoms with Crippen LogP contribution in [0.2, 0.25) is 0 Å². The zero-order chi connectivity index (χ0) is 15.5. The van der Waals surface area contributed by atoms with Crippen LogP contribution < -0.4 is 0 Å². The fourth-order valence-electron chi connectivity index (χ4n) is 2.89. The SMILES string of the molecule is CC[C@H]1OP(=O)(CCCc2ccccc2)C(O)[C@@H](O)[C@@H]1C. The summed E-state index contributed by atoms with van der Waals surface area (Å²) in [5.41, 5.74) is 1.18. The van der Waals surface area contributed by atoms with Gasteiger partial charge in [0.1, 0.15) is 0 Å². The summed E-state index contributed by atoms with van der Waals surface area (Å²) < 4.78 is 18.5. The third-order valence-corrected chi connectivity index (χ3v) is 7.01. The first-order valence-electron chi connectivity index (χ1n) is 7.65. The second-order valence-electron chi connectivity index (χ2n) is 5.85. The highest BCUT2D eigenvalue weighted by Gasteiger charge is 2.48. The third-order valence-electron chi connectivity index (χ3n) is 4.33. The topological polar surface area (TPSA) is 66.8 Å². The Morgan fingerprint density at radius 1 is 1.24 bits per heavy atom. The average molecular weight is 312 g/mol. The lowest BCUT2D eigenvalue weighted by molar-refractivity contribution is -0.0491. The molecule has 1 heterocycles. The van der Waals surface area contributed by atoms with Crippen LogP contribution in [0.4, 0.5) is 0 Å². The molecule has 5 atom stereocenters. The number of aliphatic hydroxyl groups is 2. The molecule has 0 bridgehead atoms. The summed E-state index contributed by atoms with van der Waals surface area (Å²) in [7, 11) is -3.20. The van der Waals surface area contributed by atoms with Gasteiger partial charge in [-0.3, -0.25) is 4.57 Å². The quantitative estimate of drug-likeness (QED) is 0.820. The fourth-order valence-corrected chi connectivity index (χ4v) is 5.52. The van der Waals surface area contributed by atoms with Gasteiger partial charge < -0.3 is 14.7 Å². The molecule has 0 saturated carbocycles. The first kappa shape index (κ1) is 16.7. The highest BCUT2D eigenvalue weighted by atomic mass is 31.2. The summed E-state index contributed by atoms with van der Waals surface area (Å²) in [5.74, 6) is -1.45. The fraction of sp³-hybridized carbons (Fsp3) is 0.625.